The molecule has 2 aliphatic rings. The lowest BCUT2D eigenvalue weighted by Crippen LogP contribution is -2.42. The minimum Gasteiger partial charge on any atom is -0.493 e. The third-order valence-corrected chi connectivity index (χ3v) is 9.17. The Morgan fingerprint density at radius 3 is 2.25 bits per heavy atom. The first kappa shape index (κ1) is 36.1. The molecule has 268 valence electrons. The van der Waals surface area contributed by atoms with Gasteiger partial charge in [0.15, 0.2) is 6.10 Å². The van der Waals surface area contributed by atoms with Gasteiger partial charge in [0.05, 0.1) is 24.3 Å². The van der Waals surface area contributed by atoms with E-state index in [0.717, 1.165) is 11.1 Å². The summed E-state index contributed by atoms with van der Waals surface area (Å²) in [6.07, 6.45) is 1.11. The van der Waals surface area contributed by atoms with Gasteiger partial charge in [-0.2, -0.15) is 0 Å². The molecule has 0 spiro atoms. The summed E-state index contributed by atoms with van der Waals surface area (Å²) < 4.78 is 24.2. The highest BCUT2D eigenvalue weighted by molar-refractivity contribution is 5.95. The number of carbonyl (C=O) groups excluding carboxylic acids is 3. The van der Waals surface area contributed by atoms with Gasteiger partial charge in [-0.3, -0.25) is 9.69 Å². The molecule has 0 radical (unpaired) electrons. The van der Waals surface area contributed by atoms with E-state index in [0.29, 0.717) is 60.7 Å². The van der Waals surface area contributed by atoms with Crippen LogP contribution in [0, 0.1) is 0 Å². The molecule has 0 aliphatic carbocycles. The SMILES string of the molecule is C=CCCOc1ccccc1[C@H](NC(=O)c1ccccc1)[C@@H](O)C(=O)O[C@H]1C[C@H]2[C@@H](OC(=O)c3ccccc3)c3c(cccc3OCC=C)CN2C1. The highest BCUT2D eigenvalue weighted by atomic mass is 16.6. The van der Waals surface area contributed by atoms with Crippen molar-refractivity contribution in [3.8, 4) is 11.5 Å². The van der Waals surface area contributed by atoms with Crippen molar-refractivity contribution in [3.63, 3.8) is 0 Å². The Morgan fingerprint density at radius 2 is 1.52 bits per heavy atom. The summed E-state index contributed by atoms with van der Waals surface area (Å²) in [5, 5.41) is 14.5. The molecule has 0 aromatic heterocycles. The number of esters is 2. The van der Waals surface area contributed by atoms with E-state index in [4.69, 9.17) is 18.9 Å². The van der Waals surface area contributed by atoms with Gasteiger partial charge >= 0.3 is 11.9 Å². The molecule has 5 atom stereocenters. The number of amides is 1. The Balaban J connectivity index is 1.24. The van der Waals surface area contributed by atoms with Crippen LogP contribution in [0.1, 0.15) is 62.4 Å². The van der Waals surface area contributed by atoms with Gasteiger partial charge in [-0.25, -0.2) is 9.59 Å². The summed E-state index contributed by atoms with van der Waals surface area (Å²) in [7, 11) is 0. The number of ether oxygens (including phenoxy) is 4. The number of aliphatic hydroxyl groups is 1. The van der Waals surface area contributed by atoms with Crippen LogP contribution in [0.2, 0.25) is 0 Å². The molecular weight excluding hydrogens is 660 g/mol. The number of nitrogens with zero attached hydrogens (tertiary/aromatic N) is 1. The fraction of sp³-hybridized carbons (Fsp3) is 0.262. The van der Waals surface area contributed by atoms with Crippen LogP contribution < -0.4 is 14.8 Å². The zero-order chi connectivity index (χ0) is 36.5. The van der Waals surface area contributed by atoms with Crippen LogP contribution in [0.3, 0.4) is 0 Å². The van der Waals surface area contributed by atoms with E-state index in [1.165, 1.54) is 0 Å². The van der Waals surface area contributed by atoms with E-state index in [1.54, 1.807) is 91.0 Å². The molecule has 6 rings (SSSR count). The zero-order valence-corrected chi connectivity index (χ0v) is 28.8. The van der Waals surface area contributed by atoms with E-state index in [1.807, 2.05) is 24.3 Å². The number of hydrogen-bond donors (Lipinski definition) is 2. The molecule has 2 N–H and O–H groups in total. The van der Waals surface area contributed by atoms with Crippen molar-refractivity contribution in [2.24, 2.45) is 0 Å². The molecule has 4 aromatic carbocycles. The number of carbonyl (C=O) groups is 3. The molecule has 0 bridgehead atoms. The summed E-state index contributed by atoms with van der Waals surface area (Å²) in [6, 6.07) is 28.4. The van der Waals surface area contributed by atoms with Gasteiger partial charge in [0.1, 0.15) is 30.3 Å². The van der Waals surface area contributed by atoms with Crippen LogP contribution in [0.5, 0.6) is 11.5 Å². The molecular formula is C42H42N2O8. The first-order chi connectivity index (χ1) is 25.4. The Bertz CT molecular complexity index is 1880. The molecule has 4 aromatic rings. The summed E-state index contributed by atoms with van der Waals surface area (Å²) in [5.41, 5.74) is 2.87. The van der Waals surface area contributed by atoms with Crippen LogP contribution in [-0.4, -0.2) is 65.9 Å². The second kappa shape index (κ2) is 17.0. The third-order valence-electron chi connectivity index (χ3n) is 9.17. The highest BCUT2D eigenvalue weighted by Crippen LogP contribution is 2.45. The molecule has 0 saturated carbocycles. The number of aliphatic hydroxyl groups excluding tert-OH is 1. The maximum Gasteiger partial charge on any atom is 0.338 e. The summed E-state index contributed by atoms with van der Waals surface area (Å²) in [5.74, 6) is -0.882. The Kier molecular flexibility index (Phi) is 11.8. The summed E-state index contributed by atoms with van der Waals surface area (Å²) >= 11 is 0. The van der Waals surface area contributed by atoms with Crippen LogP contribution in [-0.2, 0) is 20.8 Å². The van der Waals surface area contributed by atoms with Crippen molar-refractivity contribution >= 4 is 17.8 Å². The maximum absolute atomic E-state index is 13.8. The standard InChI is InChI=1S/C42H42N2O8/c1-3-5-24-50-34-21-13-12-20-32(34)37(43-40(46)28-15-8-6-9-16-28)38(45)42(48)51-31-25-33-39(52-41(47)29-17-10-7-11-18-29)36-30(26-44(33)27-31)19-14-22-35(36)49-23-4-2/h3-4,6-22,31,33,37-39,45H,1-2,5,23-27H2,(H,43,46)/t31-,33-,37-,38+,39+/m0/s1. The fourth-order valence-corrected chi connectivity index (χ4v) is 6.74. The molecule has 2 heterocycles. The highest BCUT2D eigenvalue weighted by Gasteiger charge is 2.47. The quantitative estimate of drug-likeness (QED) is 0.0855. The molecule has 1 saturated heterocycles. The average Bonchev–Trinajstić information content (AvgIpc) is 3.58. The van der Waals surface area contributed by atoms with E-state index in [2.05, 4.69) is 23.4 Å². The summed E-state index contributed by atoms with van der Waals surface area (Å²) in [4.78, 5) is 42.8. The summed E-state index contributed by atoms with van der Waals surface area (Å²) in [6.45, 7) is 8.93. The lowest BCUT2D eigenvalue weighted by molar-refractivity contribution is -0.160. The normalized spacial score (nSPS) is 18.8. The number of rotatable bonds is 15. The van der Waals surface area contributed by atoms with Crippen molar-refractivity contribution in [3.05, 3.63) is 156 Å². The number of hydrogen-bond acceptors (Lipinski definition) is 9. The maximum atomic E-state index is 13.8. The predicted molar refractivity (Wildman–Crippen MR) is 195 cm³/mol. The lowest BCUT2D eigenvalue weighted by atomic mass is 9.90. The second-order valence-electron chi connectivity index (χ2n) is 12.6. The molecule has 10 nitrogen and oxygen atoms in total. The van der Waals surface area contributed by atoms with Gasteiger partial charge < -0.3 is 29.4 Å². The Labute approximate surface area is 303 Å². The monoisotopic (exact) mass is 702 g/mol. The van der Waals surface area contributed by atoms with Gasteiger partial charge in [-0.1, -0.05) is 85.5 Å². The third kappa shape index (κ3) is 8.25. The van der Waals surface area contributed by atoms with Gasteiger partial charge in [0.25, 0.3) is 5.91 Å². The first-order valence-electron chi connectivity index (χ1n) is 17.3. The zero-order valence-electron chi connectivity index (χ0n) is 28.8. The van der Waals surface area contributed by atoms with Crippen LogP contribution in [0.25, 0.3) is 0 Å². The van der Waals surface area contributed by atoms with Crippen LogP contribution in [0.15, 0.2) is 128 Å². The van der Waals surface area contributed by atoms with E-state index in [-0.39, 0.29) is 12.6 Å². The van der Waals surface area contributed by atoms with Crippen molar-refractivity contribution in [2.45, 2.75) is 49.8 Å². The molecule has 0 unspecified atom stereocenters. The topological polar surface area (TPSA) is 124 Å². The molecule has 1 amide bonds. The minimum absolute atomic E-state index is 0.271. The average molecular weight is 703 g/mol. The number of fused-ring (bicyclic) bond motifs is 2. The largest absolute Gasteiger partial charge is 0.493 e. The molecule has 52 heavy (non-hydrogen) atoms. The van der Waals surface area contributed by atoms with Gasteiger partial charge in [0, 0.05) is 36.2 Å². The Morgan fingerprint density at radius 1 is 0.827 bits per heavy atom. The lowest BCUT2D eigenvalue weighted by Gasteiger charge is -2.38. The van der Waals surface area contributed by atoms with Crippen LogP contribution >= 0.6 is 0 Å². The van der Waals surface area contributed by atoms with Crippen molar-refractivity contribution in [2.75, 3.05) is 19.8 Å². The molecule has 2 aliphatic heterocycles. The molecule has 1 fully saturated rings. The van der Waals surface area contributed by atoms with Crippen LogP contribution in [0.4, 0.5) is 0 Å². The molecule has 10 heteroatoms. The van der Waals surface area contributed by atoms with E-state index < -0.39 is 42.2 Å². The number of benzene rings is 4. The van der Waals surface area contributed by atoms with Gasteiger partial charge in [-0.05, 0) is 48.4 Å². The van der Waals surface area contributed by atoms with E-state index >= 15 is 0 Å². The smallest absolute Gasteiger partial charge is 0.338 e. The van der Waals surface area contributed by atoms with Crippen molar-refractivity contribution in [1.82, 2.24) is 10.2 Å². The minimum atomic E-state index is -1.78. The van der Waals surface area contributed by atoms with Crippen molar-refractivity contribution in [1.29, 1.82) is 0 Å². The van der Waals surface area contributed by atoms with Gasteiger partial charge in [0.2, 0.25) is 0 Å². The number of nitrogens with one attached hydrogen (secondary N) is 1. The van der Waals surface area contributed by atoms with Crippen molar-refractivity contribution < 1.29 is 38.4 Å². The Hall–Kier alpha value is -5.71. The van der Waals surface area contributed by atoms with E-state index in [9.17, 15) is 19.5 Å². The first-order valence-corrected chi connectivity index (χ1v) is 17.3. The fourth-order valence-electron chi connectivity index (χ4n) is 6.74. The number of para-hydroxylation sites is 1. The predicted octanol–water partition coefficient (Wildman–Crippen LogP) is 6.14. The van der Waals surface area contributed by atoms with Gasteiger partial charge in [-0.15, -0.1) is 6.58 Å². The second-order valence-corrected chi connectivity index (χ2v) is 12.6.